The third kappa shape index (κ3) is 8.34. The van der Waals surface area contributed by atoms with Gasteiger partial charge in [-0.05, 0) is 66.8 Å². The molecule has 1 saturated carbocycles. The summed E-state index contributed by atoms with van der Waals surface area (Å²) in [5, 5.41) is 2.99. The molecule has 0 aromatic carbocycles. The lowest BCUT2D eigenvalue weighted by Crippen LogP contribution is -2.52. The highest BCUT2D eigenvalue weighted by Gasteiger charge is 2.29. The highest BCUT2D eigenvalue weighted by Crippen LogP contribution is 2.25. The van der Waals surface area contributed by atoms with Gasteiger partial charge in [0.15, 0.2) is 0 Å². The van der Waals surface area contributed by atoms with Crippen LogP contribution in [0.4, 0.5) is 4.79 Å². The molecule has 1 unspecified atom stereocenters. The summed E-state index contributed by atoms with van der Waals surface area (Å²) in [5.41, 5.74) is 5.20. The van der Waals surface area contributed by atoms with Crippen molar-refractivity contribution in [3.63, 3.8) is 0 Å². The minimum atomic E-state index is -0.481. The number of carbonyl (C=O) groups excluding carboxylic acids is 1. The lowest BCUT2D eigenvalue weighted by Gasteiger charge is -2.37. The average molecular weight is 342 g/mol. The Morgan fingerprint density at radius 2 is 1.79 bits per heavy atom. The molecule has 5 nitrogen and oxygen atoms in total. The van der Waals surface area contributed by atoms with Crippen molar-refractivity contribution in [2.75, 3.05) is 20.1 Å². The minimum absolute atomic E-state index is 0.261. The standard InChI is InChI=1S/C19H39N3O2/c1-18(2,3)24-17(23)21-19(4,5)12-16(13-20)22(6)14-15-10-8-7-9-11-15/h15-16H,7-14,20H2,1-6H3,(H,21,23). The van der Waals surface area contributed by atoms with Crippen molar-refractivity contribution in [2.24, 2.45) is 11.7 Å². The van der Waals surface area contributed by atoms with Gasteiger partial charge in [-0.3, -0.25) is 0 Å². The zero-order chi connectivity index (χ0) is 18.4. The molecule has 0 heterocycles. The molecule has 1 atom stereocenters. The fourth-order valence-electron chi connectivity index (χ4n) is 3.57. The Hall–Kier alpha value is -0.810. The van der Waals surface area contributed by atoms with Crippen LogP contribution in [0.15, 0.2) is 0 Å². The van der Waals surface area contributed by atoms with Gasteiger partial charge >= 0.3 is 6.09 Å². The number of nitrogens with one attached hydrogen (secondary N) is 1. The smallest absolute Gasteiger partial charge is 0.408 e. The fourth-order valence-corrected chi connectivity index (χ4v) is 3.57. The van der Waals surface area contributed by atoms with Gasteiger partial charge in [0.25, 0.3) is 0 Å². The predicted octanol–water partition coefficient (Wildman–Crippen LogP) is 3.52. The van der Waals surface area contributed by atoms with Crippen molar-refractivity contribution in [2.45, 2.75) is 90.3 Å². The van der Waals surface area contributed by atoms with E-state index in [9.17, 15) is 4.79 Å². The van der Waals surface area contributed by atoms with E-state index in [2.05, 4.69) is 17.3 Å². The number of nitrogens with zero attached hydrogens (tertiary/aromatic N) is 1. The second-order valence-electron chi connectivity index (χ2n) is 9.05. The zero-order valence-corrected chi connectivity index (χ0v) is 16.7. The monoisotopic (exact) mass is 341 g/mol. The van der Waals surface area contributed by atoms with E-state index in [0.717, 1.165) is 18.9 Å². The third-order valence-electron chi connectivity index (χ3n) is 4.75. The molecule has 0 radical (unpaired) electrons. The largest absolute Gasteiger partial charge is 0.444 e. The van der Waals surface area contributed by atoms with Gasteiger partial charge in [0.05, 0.1) is 0 Å². The quantitative estimate of drug-likeness (QED) is 0.743. The number of rotatable bonds is 7. The Kier molecular flexibility index (Phi) is 8.00. The molecule has 0 spiro atoms. The van der Waals surface area contributed by atoms with Crippen molar-refractivity contribution in [3.8, 4) is 0 Å². The van der Waals surface area contributed by atoms with Crippen molar-refractivity contribution in [1.29, 1.82) is 0 Å². The van der Waals surface area contributed by atoms with E-state index in [0.29, 0.717) is 6.54 Å². The van der Waals surface area contributed by atoms with E-state index in [1.54, 1.807) is 0 Å². The first-order chi connectivity index (χ1) is 11.0. The van der Waals surface area contributed by atoms with E-state index in [1.807, 2.05) is 34.6 Å². The summed E-state index contributed by atoms with van der Waals surface area (Å²) >= 11 is 0. The summed E-state index contributed by atoms with van der Waals surface area (Å²) in [7, 11) is 2.16. The number of hydrogen-bond acceptors (Lipinski definition) is 4. The summed E-state index contributed by atoms with van der Waals surface area (Å²) < 4.78 is 5.38. The van der Waals surface area contributed by atoms with Crippen LogP contribution in [0.25, 0.3) is 0 Å². The number of nitrogens with two attached hydrogens (primary N) is 1. The first kappa shape index (κ1) is 21.2. The van der Waals surface area contributed by atoms with Crippen LogP contribution in [0, 0.1) is 5.92 Å². The lowest BCUT2D eigenvalue weighted by atomic mass is 9.88. The number of amides is 1. The van der Waals surface area contributed by atoms with Crippen molar-refractivity contribution < 1.29 is 9.53 Å². The molecule has 0 aromatic rings. The molecule has 1 rings (SSSR count). The van der Waals surface area contributed by atoms with Crippen LogP contribution in [-0.2, 0) is 4.74 Å². The lowest BCUT2D eigenvalue weighted by molar-refractivity contribution is 0.0448. The van der Waals surface area contributed by atoms with Gasteiger partial charge < -0.3 is 20.7 Å². The first-order valence-corrected chi connectivity index (χ1v) is 9.44. The molecule has 3 N–H and O–H groups in total. The van der Waals surface area contributed by atoms with Gasteiger partial charge in [-0.25, -0.2) is 4.79 Å². The molecular formula is C19H39N3O2. The van der Waals surface area contributed by atoms with E-state index in [1.165, 1.54) is 32.1 Å². The van der Waals surface area contributed by atoms with Crippen LogP contribution < -0.4 is 11.1 Å². The zero-order valence-electron chi connectivity index (χ0n) is 16.7. The maximum atomic E-state index is 12.1. The molecule has 1 amide bonds. The van der Waals surface area contributed by atoms with Crippen molar-refractivity contribution >= 4 is 6.09 Å². The summed E-state index contributed by atoms with van der Waals surface area (Å²) in [5.74, 6) is 0.791. The second kappa shape index (κ2) is 9.04. The Bertz CT molecular complexity index is 385. The summed E-state index contributed by atoms with van der Waals surface area (Å²) in [6, 6.07) is 0.261. The maximum absolute atomic E-state index is 12.1. The Morgan fingerprint density at radius 3 is 2.29 bits per heavy atom. The fraction of sp³-hybridized carbons (Fsp3) is 0.947. The number of hydrogen-bond donors (Lipinski definition) is 2. The minimum Gasteiger partial charge on any atom is -0.444 e. The summed E-state index contributed by atoms with van der Waals surface area (Å²) in [6.07, 6.45) is 7.22. The van der Waals surface area contributed by atoms with Gasteiger partial charge in [0, 0.05) is 24.7 Å². The number of alkyl carbamates (subject to hydrolysis) is 1. The van der Waals surface area contributed by atoms with Crippen LogP contribution in [0.2, 0.25) is 0 Å². The SMILES string of the molecule is CN(CC1CCCCC1)C(CN)CC(C)(C)NC(=O)OC(C)(C)C. The summed E-state index contributed by atoms with van der Waals surface area (Å²) in [4.78, 5) is 14.4. The van der Waals surface area contributed by atoms with Crippen molar-refractivity contribution in [3.05, 3.63) is 0 Å². The molecule has 1 fully saturated rings. The summed E-state index contributed by atoms with van der Waals surface area (Å²) in [6.45, 7) is 11.4. The van der Waals surface area contributed by atoms with E-state index < -0.39 is 5.60 Å². The normalized spacial score (nSPS) is 18.5. The highest BCUT2D eigenvalue weighted by molar-refractivity contribution is 5.68. The molecule has 24 heavy (non-hydrogen) atoms. The predicted molar refractivity (Wildman–Crippen MR) is 100 cm³/mol. The van der Waals surface area contributed by atoms with Gasteiger partial charge in [0.1, 0.15) is 5.60 Å². The molecule has 0 aromatic heterocycles. The van der Waals surface area contributed by atoms with E-state index in [4.69, 9.17) is 10.5 Å². The number of likely N-dealkylation sites (N-methyl/N-ethyl adjacent to an activating group) is 1. The van der Waals surface area contributed by atoms with Gasteiger partial charge in [-0.15, -0.1) is 0 Å². The molecule has 1 aliphatic carbocycles. The molecule has 0 bridgehead atoms. The van der Waals surface area contributed by atoms with Crippen LogP contribution in [0.1, 0.15) is 73.1 Å². The Labute approximate surface area is 148 Å². The highest BCUT2D eigenvalue weighted by atomic mass is 16.6. The van der Waals surface area contributed by atoms with Crippen LogP contribution >= 0.6 is 0 Å². The molecule has 142 valence electrons. The second-order valence-corrected chi connectivity index (χ2v) is 9.05. The molecule has 5 heteroatoms. The topological polar surface area (TPSA) is 67.6 Å². The van der Waals surface area contributed by atoms with Crippen LogP contribution in [0.5, 0.6) is 0 Å². The van der Waals surface area contributed by atoms with Crippen molar-refractivity contribution in [1.82, 2.24) is 10.2 Å². The molecule has 0 saturated heterocycles. The average Bonchev–Trinajstić information content (AvgIpc) is 2.43. The van der Waals surface area contributed by atoms with Gasteiger partial charge in [-0.2, -0.15) is 0 Å². The third-order valence-corrected chi connectivity index (χ3v) is 4.75. The number of carbonyl (C=O) groups is 1. The molecule has 1 aliphatic rings. The van der Waals surface area contributed by atoms with Gasteiger partial charge in [-0.1, -0.05) is 19.3 Å². The first-order valence-electron chi connectivity index (χ1n) is 9.44. The Balaban J connectivity index is 2.52. The van der Waals surface area contributed by atoms with Crippen LogP contribution in [-0.4, -0.2) is 48.3 Å². The maximum Gasteiger partial charge on any atom is 0.408 e. The van der Waals surface area contributed by atoms with E-state index in [-0.39, 0.29) is 17.7 Å². The molecule has 0 aliphatic heterocycles. The van der Waals surface area contributed by atoms with E-state index >= 15 is 0 Å². The number of ether oxygens (including phenoxy) is 1. The molecular weight excluding hydrogens is 302 g/mol. The van der Waals surface area contributed by atoms with Gasteiger partial charge in [0.2, 0.25) is 0 Å². The Morgan fingerprint density at radius 1 is 1.21 bits per heavy atom. The van der Waals surface area contributed by atoms with Crippen LogP contribution in [0.3, 0.4) is 0 Å².